The van der Waals surface area contributed by atoms with E-state index in [0.717, 1.165) is 19.6 Å². The van der Waals surface area contributed by atoms with Crippen molar-refractivity contribution in [2.45, 2.75) is 20.8 Å². The van der Waals surface area contributed by atoms with Crippen molar-refractivity contribution in [2.75, 3.05) is 18.1 Å². The van der Waals surface area contributed by atoms with E-state index in [1.54, 1.807) is 30.3 Å². The number of anilines is 1. The molecule has 2 aromatic carbocycles. The molecule has 32 heavy (non-hydrogen) atoms. The quantitative estimate of drug-likeness (QED) is 0.239. The van der Waals surface area contributed by atoms with Gasteiger partial charge in [-0.05, 0) is 90.4 Å². The van der Waals surface area contributed by atoms with Crippen LogP contribution in [-0.4, -0.2) is 31.1 Å². The molecule has 0 spiro atoms. The Kier molecular flexibility index (Phi) is 7.34. The van der Waals surface area contributed by atoms with Crippen LogP contribution in [0.4, 0.5) is 10.5 Å². The lowest BCUT2D eigenvalue weighted by Crippen LogP contribution is -2.54. The van der Waals surface area contributed by atoms with Gasteiger partial charge < -0.3 is 9.47 Å². The standard InChI is InChI=1S/C24H23IN2O5/c1-5-9-32-21-19(25)12-16(13-20(21)31-6-2)11-18-22(28)26-24(30)27(23(18)29)17-8-7-14(3)15(4)10-17/h5,7-8,10-13H,1,6,9H2,2-4H3,(H,26,28,30)/b18-11+. The van der Waals surface area contributed by atoms with Crippen molar-refractivity contribution in [3.05, 3.63) is 68.8 Å². The largest absolute Gasteiger partial charge is 0.490 e. The number of benzene rings is 2. The van der Waals surface area contributed by atoms with E-state index in [1.807, 2.05) is 26.8 Å². The van der Waals surface area contributed by atoms with Gasteiger partial charge in [-0.3, -0.25) is 14.9 Å². The molecule has 1 fully saturated rings. The normalized spacial score (nSPS) is 15.1. The van der Waals surface area contributed by atoms with Gasteiger partial charge >= 0.3 is 6.03 Å². The molecule has 1 N–H and O–H groups in total. The zero-order valence-corrected chi connectivity index (χ0v) is 20.2. The van der Waals surface area contributed by atoms with Crippen molar-refractivity contribution in [3.8, 4) is 11.5 Å². The van der Waals surface area contributed by atoms with E-state index in [9.17, 15) is 14.4 Å². The van der Waals surface area contributed by atoms with Crippen LogP contribution in [-0.2, 0) is 9.59 Å². The molecule has 4 amide bonds. The Labute approximate surface area is 200 Å². The fourth-order valence-electron chi connectivity index (χ4n) is 3.14. The van der Waals surface area contributed by atoms with Crippen LogP contribution >= 0.6 is 22.6 Å². The molecule has 2 aromatic rings. The van der Waals surface area contributed by atoms with Crippen LogP contribution in [0.5, 0.6) is 11.5 Å². The molecular weight excluding hydrogens is 523 g/mol. The molecule has 0 atom stereocenters. The minimum atomic E-state index is -0.779. The summed E-state index contributed by atoms with van der Waals surface area (Å²) in [7, 11) is 0. The molecule has 3 rings (SSSR count). The number of nitrogens with zero attached hydrogens (tertiary/aromatic N) is 1. The van der Waals surface area contributed by atoms with Crippen molar-refractivity contribution in [1.82, 2.24) is 5.32 Å². The number of ether oxygens (including phenoxy) is 2. The molecule has 0 aliphatic carbocycles. The molecule has 7 nitrogen and oxygen atoms in total. The molecule has 0 saturated carbocycles. The number of rotatable bonds is 7. The first-order chi connectivity index (χ1) is 15.3. The monoisotopic (exact) mass is 546 g/mol. The first-order valence-corrected chi connectivity index (χ1v) is 11.0. The predicted molar refractivity (Wildman–Crippen MR) is 131 cm³/mol. The first kappa shape index (κ1) is 23.5. The van der Waals surface area contributed by atoms with Gasteiger partial charge in [0, 0.05) is 0 Å². The maximum atomic E-state index is 13.2. The fraction of sp³-hybridized carbons (Fsp3) is 0.208. The van der Waals surface area contributed by atoms with Gasteiger partial charge in [-0.2, -0.15) is 0 Å². The van der Waals surface area contributed by atoms with E-state index in [1.165, 1.54) is 6.08 Å². The van der Waals surface area contributed by atoms with Gasteiger partial charge in [-0.15, -0.1) is 0 Å². The number of imide groups is 2. The van der Waals surface area contributed by atoms with Crippen molar-refractivity contribution in [3.63, 3.8) is 0 Å². The third-order valence-electron chi connectivity index (χ3n) is 4.84. The number of carbonyl (C=O) groups excluding carboxylic acids is 3. The van der Waals surface area contributed by atoms with Crippen LogP contribution in [0.2, 0.25) is 0 Å². The molecule has 8 heteroatoms. The van der Waals surface area contributed by atoms with Gasteiger partial charge in [0.15, 0.2) is 11.5 Å². The molecule has 0 aromatic heterocycles. The minimum Gasteiger partial charge on any atom is -0.490 e. The zero-order chi connectivity index (χ0) is 23.4. The summed E-state index contributed by atoms with van der Waals surface area (Å²) >= 11 is 2.10. The number of barbiturate groups is 1. The van der Waals surface area contributed by atoms with Crippen molar-refractivity contribution in [1.29, 1.82) is 0 Å². The van der Waals surface area contributed by atoms with Crippen LogP contribution in [0.1, 0.15) is 23.6 Å². The summed E-state index contributed by atoms with van der Waals surface area (Å²) in [6.07, 6.45) is 3.07. The Morgan fingerprint density at radius 2 is 1.84 bits per heavy atom. The predicted octanol–water partition coefficient (Wildman–Crippen LogP) is 4.54. The van der Waals surface area contributed by atoms with Gasteiger partial charge in [0.2, 0.25) is 0 Å². The molecule has 0 bridgehead atoms. The highest BCUT2D eigenvalue weighted by Gasteiger charge is 2.37. The second kappa shape index (κ2) is 9.99. The molecule has 1 aliphatic heterocycles. The van der Waals surface area contributed by atoms with Gasteiger partial charge in [0.1, 0.15) is 12.2 Å². The highest BCUT2D eigenvalue weighted by molar-refractivity contribution is 14.1. The molecule has 166 valence electrons. The summed E-state index contributed by atoms with van der Waals surface area (Å²) in [5.41, 5.74) is 2.77. The number of nitrogens with one attached hydrogen (secondary N) is 1. The lowest BCUT2D eigenvalue weighted by atomic mass is 10.0. The third-order valence-corrected chi connectivity index (χ3v) is 5.64. The highest BCUT2D eigenvalue weighted by Crippen LogP contribution is 2.35. The van der Waals surface area contributed by atoms with Crippen molar-refractivity contribution >= 4 is 52.2 Å². The van der Waals surface area contributed by atoms with Crippen LogP contribution in [0, 0.1) is 17.4 Å². The number of urea groups is 1. The Morgan fingerprint density at radius 3 is 2.50 bits per heavy atom. The van der Waals surface area contributed by atoms with E-state index in [2.05, 4.69) is 34.5 Å². The summed E-state index contributed by atoms with van der Waals surface area (Å²) in [5.74, 6) is -0.401. The summed E-state index contributed by atoms with van der Waals surface area (Å²) in [4.78, 5) is 39.1. The van der Waals surface area contributed by atoms with E-state index < -0.39 is 17.8 Å². The van der Waals surface area contributed by atoms with Gasteiger partial charge in [0.25, 0.3) is 11.8 Å². The Hall–Kier alpha value is -3.14. The van der Waals surface area contributed by atoms with Gasteiger partial charge in [-0.25, -0.2) is 9.69 Å². The second-order valence-corrected chi connectivity index (χ2v) is 8.25. The Bertz CT molecular complexity index is 1140. The second-order valence-electron chi connectivity index (χ2n) is 7.09. The van der Waals surface area contributed by atoms with E-state index in [0.29, 0.717) is 36.0 Å². The molecule has 0 radical (unpaired) electrons. The lowest BCUT2D eigenvalue weighted by molar-refractivity contribution is -0.122. The smallest absolute Gasteiger partial charge is 0.335 e. The van der Waals surface area contributed by atoms with Crippen molar-refractivity contribution in [2.24, 2.45) is 0 Å². The summed E-state index contributed by atoms with van der Waals surface area (Å²) < 4.78 is 12.1. The third kappa shape index (κ3) is 4.85. The Balaban J connectivity index is 2.03. The number of hydrogen-bond donors (Lipinski definition) is 1. The number of amides is 4. The van der Waals surface area contributed by atoms with E-state index in [-0.39, 0.29) is 5.57 Å². The van der Waals surface area contributed by atoms with Gasteiger partial charge in [0.05, 0.1) is 15.9 Å². The molecule has 1 saturated heterocycles. The van der Waals surface area contributed by atoms with Gasteiger partial charge in [-0.1, -0.05) is 18.7 Å². The number of halogens is 1. The summed E-state index contributed by atoms with van der Waals surface area (Å²) in [6, 6.07) is 7.92. The lowest BCUT2D eigenvalue weighted by Gasteiger charge is -2.27. The average molecular weight is 546 g/mol. The average Bonchev–Trinajstić information content (AvgIpc) is 2.73. The topological polar surface area (TPSA) is 84.9 Å². The van der Waals surface area contributed by atoms with Crippen LogP contribution in [0.25, 0.3) is 6.08 Å². The van der Waals surface area contributed by atoms with Crippen LogP contribution in [0.3, 0.4) is 0 Å². The van der Waals surface area contributed by atoms with Crippen LogP contribution < -0.4 is 19.7 Å². The minimum absolute atomic E-state index is 0.152. The highest BCUT2D eigenvalue weighted by atomic mass is 127. The number of carbonyl (C=O) groups is 3. The zero-order valence-electron chi connectivity index (χ0n) is 18.0. The number of hydrogen-bond acceptors (Lipinski definition) is 5. The molecular formula is C24H23IN2O5. The maximum absolute atomic E-state index is 13.2. The Morgan fingerprint density at radius 1 is 1.09 bits per heavy atom. The SMILES string of the molecule is C=CCOc1c(I)cc(/C=C2\C(=O)NC(=O)N(c3ccc(C)c(C)c3)C2=O)cc1OCC. The van der Waals surface area contributed by atoms with Crippen molar-refractivity contribution < 1.29 is 23.9 Å². The van der Waals surface area contributed by atoms with E-state index in [4.69, 9.17) is 9.47 Å². The molecule has 1 heterocycles. The van der Waals surface area contributed by atoms with E-state index >= 15 is 0 Å². The first-order valence-electron chi connectivity index (χ1n) is 9.95. The fourth-order valence-corrected chi connectivity index (χ4v) is 3.92. The number of aryl methyl sites for hydroxylation is 2. The maximum Gasteiger partial charge on any atom is 0.335 e. The summed E-state index contributed by atoms with van der Waals surface area (Å²) in [5, 5.41) is 2.25. The van der Waals surface area contributed by atoms with Crippen LogP contribution in [0.15, 0.2) is 48.6 Å². The molecule has 1 aliphatic rings. The summed E-state index contributed by atoms with van der Waals surface area (Å²) in [6.45, 7) is 10.0. The molecule has 0 unspecified atom stereocenters.